The second kappa shape index (κ2) is 8.69. The van der Waals surface area contributed by atoms with Crippen LogP contribution in [0.15, 0.2) is 75.1 Å². The highest BCUT2D eigenvalue weighted by atomic mass is 32.2. The molecule has 134 valence electrons. The maximum absolute atomic E-state index is 12.4. The zero-order valence-corrected chi connectivity index (χ0v) is 15.1. The monoisotopic (exact) mass is 378 g/mol. The Kier molecular flexibility index (Phi) is 5.87. The molecule has 0 radical (unpaired) electrons. The fourth-order valence-corrected chi connectivity index (χ4v) is 2.80. The number of carbonyl (C=O) groups is 1. The van der Waals surface area contributed by atoms with Crippen molar-refractivity contribution in [2.75, 3.05) is 12.4 Å². The molecule has 7 nitrogen and oxygen atoms in total. The van der Waals surface area contributed by atoms with Gasteiger partial charge in [0.1, 0.15) is 23.2 Å². The summed E-state index contributed by atoms with van der Waals surface area (Å²) in [4.78, 5) is 20.6. The van der Waals surface area contributed by atoms with Gasteiger partial charge < -0.3 is 14.5 Å². The van der Waals surface area contributed by atoms with Crippen molar-refractivity contribution in [3.05, 3.63) is 66.2 Å². The Bertz CT molecular complexity index is 1010. The SMILES string of the molecule is COc1ccccc1NC(=O)/C(C#N)=C/c1ccc(Sc2ncccn2)o1. The molecule has 0 unspecified atom stereocenters. The number of methoxy groups -OCH3 is 1. The van der Waals surface area contributed by atoms with Crippen LogP contribution in [-0.2, 0) is 4.79 Å². The van der Waals surface area contributed by atoms with Crippen molar-refractivity contribution < 1.29 is 13.9 Å². The summed E-state index contributed by atoms with van der Waals surface area (Å²) in [5.41, 5.74) is 0.380. The molecule has 27 heavy (non-hydrogen) atoms. The standard InChI is InChI=1S/C19H14N4O3S/c1-25-16-6-3-2-5-15(16)23-18(24)13(12-20)11-14-7-8-17(26-14)27-19-21-9-4-10-22-19/h2-11H,1H3,(H,23,24)/b13-11+. The molecule has 1 amide bonds. The number of anilines is 1. The zero-order valence-electron chi connectivity index (χ0n) is 14.2. The second-order valence-electron chi connectivity index (χ2n) is 5.11. The molecule has 0 atom stereocenters. The first-order valence-corrected chi connectivity index (χ1v) is 8.62. The summed E-state index contributed by atoms with van der Waals surface area (Å²) in [7, 11) is 1.50. The molecular weight excluding hydrogens is 364 g/mol. The van der Waals surface area contributed by atoms with Crippen molar-refractivity contribution in [3.63, 3.8) is 0 Å². The normalized spacial score (nSPS) is 10.9. The van der Waals surface area contributed by atoms with Crippen LogP contribution in [0.5, 0.6) is 5.75 Å². The molecule has 0 saturated carbocycles. The van der Waals surface area contributed by atoms with E-state index in [9.17, 15) is 10.1 Å². The van der Waals surface area contributed by atoms with E-state index in [0.29, 0.717) is 27.4 Å². The van der Waals surface area contributed by atoms with Crippen LogP contribution in [0, 0.1) is 11.3 Å². The van der Waals surface area contributed by atoms with Crippen LogP contribution in [0.4, 0.5) is 5.69 Å². The van der Waals surface area contributed by atoms with Gasteiger partial charge in [-0.1, -0.05) is 12.1 Å². The molecule has 0 aliphatic heterocycles. The number of hydrogen-bond donors (Lipinski definition) is 1. The number of benzene rings is 1. The molecule has 8 heteroatoms. The van der Waals surface area contributed by atoms with E-state index in [1.165, 1.54) is 24.9 Å². The van der Waals surface area contributed by atoms with Crippen LogP contribution in [0.25, 0.3) is 6.08 Å². The number of hydrogen-bond acceptors (Lipinski definition) is 7. The largest absolute Gasteiger partial charge is 0.495 e. The van der Waals surface area contributed by atoms with Gasteiger partial charge in [0.05, 0.1) is 12.8 Å². The first kappa shape index (κ1) is 18.2. The van der Waals surface area contributed by atoms with Gasteiger partial charge in [-0.3, -0.25) is 4.79 Å². The van der Waals surface area contributed by atoms with Crippen LogP contribution >= 0.6 is 11.8 Å². The van der Waals surface area contributed by atoms with Gasteiger partial charge in [0.15, 0.2) is 10.2 Å². The molecule has 0 aliphatic carbocycles. The Morgan fingerprint density at radius 3 is 2.74 bits per heavy atom. The van der Waals surface area contributed by atoms with Gasteiger partial charge in [-0.2, -0.15) is 5.26 Å². The molecule has 0 saturated heterocycles. The highest BCUT2D eigenvalue weighted by Gasteiger charge is 2.13. The van der Waals surface area contributed by atoms with Gasteiger partial charge in [-0.05, 0) is 42.1 Å². The summed E-state index contributed by atoms with van der Waals surface area (Å²) in [5.74, 6) is 0.321. The number of aromatic nitrogens is 2. The fraction of sp³-hybridized carbons (Fsp3) is 0.0526. The second-order valence-corrected chi connectivity index (χ2v) is 6.09. The molecule has 0 aliphatic rings. The molecule has 0 spiro atoms. The minimum absolute atomic E-state index is 0.0947. The van der Waals surface area contributed by atoms with E-state index in [1.54, 1.807) is 54.9 Å². The lowest BCUT2D eigenvalue weighted by Gasteiger charge is -2.08. The maximum Gasteiger partial charge on any atom is 0.266 e. The van der Waals surface area contributed by atoms with Crippen molar-refractivity contribution >= 4 is 29.4 Å². The van der Waals surface area contributed by atoms with Gasteiger partial charge >= 0.3 is 0 Å². The smallest absolute Gasteiger partial charge is 0.266 e. The van der Waals surface area contributed by atoms with Gasteiger partial charge in [-0.15, -0.1) is 0 Å². The zero-order chi connectivity index (χ0) is 19.1. The first-order valence-electron chi connectivity index (χ1n) is 7.80. The lowest BCUT2D eigenvalue weighted by Crippen LogP contribution is -2.14. The summed E-state index contributed by atoms with van der Waals surface area (Å²) < 4.78 is 10.8. The maximum atomic E-state index is 12.4. The number of ether oxygens (including phenoxy) is 1. The van der Waals surface area contributed by atoms with E-state index in [0.717, 1.165) is 0 Å². The van der Waals surface area contributed by atoms with E-state index >= 15 is 0 Å². The number of rotatable bonds is 6. The van der Waals surface area contributed by atoms with E-state index < -0.39 is 5.91 Å². The number of amides is 1. The Morgan fingerprint density at radius 1 is 1.22 bits per heavy atom. The molecule has 1 aromatic carbocycles. The summed E-state index contributed by atoms with van der Waals surface area (Å²) in [5, 5.41) is 13.1. The number of para-hydroxylation sites is 2. The van der Waals surface area contributed by atoms with Crippen molar-refractivity contribution in [3.8, 4) is 11.8 Å². The number of carbonyl (C=O) groups excluding carboxylic acids is 1. The third-order valence-electron chi connectivity index (χ3n) is 3.34. The Balaban J connectivity index is 1.74. The summed E-state index contributed by atoms with van der Waals surface area (Å²) in [6.45, 7) is 0. The van der Waals surface area contributed by atoms with E-state index in [1.807, 2.05) is 6.07 Å². The molecule has 0 bridgehead atoms. The summed E-state index contributed by atoms with van der Waals surface area (Å²) >= 11 is 1.24. The Hall–Kier alpha value is -3.57. The number of nitriles is 1. The molecule has 3 rings (SSSR count). The topological polar surface area (TPSA) is 101 Å². The lowest BCUT2D eigenvalue weighted by molar-refractivity contribution is -0.112. The molecule has 2 heterocycles. The molecule has 1 N–H and O–H groups in total. The predicted molar refractivity (Wildman–Crippen MR) is 100 cm³/mol. The third-order valence-corrected chi connectivity index (χ3v) is 4.16. The van der Waals surface area contributed by atoms with E-state index in [4.69, 9.17) is 9.15 Å². The lowest BCUT2D eigenvalue weighted by atomic mass is 10.2. The van der Waals surface area contributed by atoms with Gasteiger partial charge in [0, 0.05) is 18.5 Å². The van der Waals surface area contributed by atoms with Crippen LogP contribution in [-0.4, -0.2) is 23.0 Å². The number of nitrogens with zero attached hydrogens (tertiary/aromatic N) is 3. The van der Waals surface area contributed by atoms with Crippen molar-refractivity contribution in [2.45, 2.75) is 10.2 Å². The minimum Gasteiger partial charge on any atom is -0.495 e. The van der Waals surface area contributed by atoms with E-state index in [2.05, 4.69) is 15.3 Å². The average Bonchev–Trinajstić information content (AvgIpc) is 3.14. The highest BCUT2D eigenvalue weighted by Crippen LogP contribution is 2.27. The van der Waals surface area contributed by atoms with E-state index in [-0.39, 0.29) is 5.57 Å². The predicted octanol–water partition coefficient (Wildman–Crippen LogP) is 3.78. The average molecular weight is 378 g/mol. The Morgan fingerprint density at radius 2 is 2.00 bits per heavy atom. The van der Waals surface area contributed by atoms with Crippen LogP contribution in [0.2, 0.25) is 0 Å². The molecule has 2 aromatic heterocycles. The fourth-order valence-electron chi connectivity index (χ4n) is 2.12. The summed E-state index contributed by atoms with van der Waals surface area (Å²) in [6, 6.07) is 13.9. The molecule has 0 fully saturated rings. The molecule has 3 aromatic rings. The number of nitrogens with one attached hydrogen (secondary N) is 1. The van der Waals surface area contributed by atoms with Gasteiger partial charge in [0.2, 0.25) is 0 Å². The summed E-state index contributed by atoms with van der Waals surface area (Å²) in [6.07, 6.45) is 4.64. The van der Waals surface area contributed by atoms with Crippen molar-refractivity contribution in [1.82, 2.24) is 9.97 Å². The first-order chi connectivity index (χ1) is 13.2. The third kappa shape index (κ3) is 4.74. The van der Waals surface area contributed by atoms with Gasteiger partial charge in [0.25, 0.3) is 5.91 Å². The van der Waals surface area contributed by atoms with Gasteiger partial charge in [-0.25, -0.2) is 9.97 Å². The number of furan rings is 1. The van der Waals surface area contributed by atoms with Crippen LogP contribution in [0.1, 0.15) is 5.76 Å². The molecular formula is C19H14N4O3S. The van der Waals surface area contributed by atoms with Crippen LogP contribution < -0.4 is 10.1 Å². The van der Waals surface area contributed by atoms with Crippen molar-refractivity contribution in [2.24, 2.45) is 0 Å². The van der Waals surface area contributed by atoms with Crippen LogP contribution in [0.3, 0.4) is 0 Å². The minimum atomic E-state index is -0.556. The highest BCUT2D eigenvalue weighted by molar-refractivity contribution is 7.99. The Labute approximate surface area is 159 Å². The van der Waals surface area contributed by atoms with Crippen molar-refractivity contribution in [1.29, 1.82) is 5.26 Å². The quantitative estimate of drug-likeness (QED) is 0.396.